The summed E-state index contributed by atoms with van der Waals surface area (Å²) in [6.07, 6.45) is 0.574. The molecule has 0 radical (unpaired) electrons. The fourth-order valence-electron chi connectivity index (χ4n) is 5.48. The summed E-state index contributed by atoms with van der Waals surface area (Å²) in [6.45, 7) is 9.84. The van der Waals surface area contributed by atoms with Gasteiger partial charge in [0.2, 0.25) is 0 Å². The summed E-state index contributed by atoms with van der Waals surface area (Å²) in [5, 5.41) is 46.7. The van der Waals surface area contributed by atoms with Crippen LogP contribution in [0.5, 0.6) is 40.2 Å². The van der Waals surface area contributed by atoms with Gasteiger partial charge in [0.1, 0.15) is 11.5 Å². The second-order valence-electron chi connectivity index (χ2n) is 12.0. The van der Waals surface area contributed by atoms with E-state index in [1.807, 2.05) is 0 Å². The summed E-state index contributed by atoms with van der Waals surface area (Å²) in [5.74, 6) is -9.14. The molecular weight excluding hydrogens is 684 g/mol. The number of fused-ring (bicyclic) bond motifs is 1. The molecule has 16 nitrogen and oxygen atoms in total. The monoisotopic (exact) mass is 722 g/mol. The van der Waals surface area contributed by atoms with Gasteiger partial charge < -0.3 is 39.1 Å². The lowest BCUT2D eigenvalue weighted by molar-refractivity contribution is -0.258. The van der Waals surface area contributed by atoms with E-state index in [9.17, 15) is 44.6 Å². The Morgan fingerprint density at radius 3 is 1.81 bits per heavy atom. The van der Waals surface area contributed by atoms with Crippen LogP contribution < -0.4 is 23.7 Å². The number of phenols is 2. The molecule has 276 valence electrons. The molecule has 0 bridgehead atoms. The summed E-state index contributed by atoms with van der Waals surface area (Å²) in [4.78, 5) is 63.2. The van der Waals surface area contributed by atoms with E-state index in [1.165, 1.54) is 56.3 Å². The quantitative estimate of drug-likeness (QED) is 0.0373. The number of hydrogen-bond donors (Lipinski definition) is 4. The highest BCUT2D eigenvalue weighted by molar-refractivity contribution is 6.39. The average molecular weight is 723 g/mol. The van der Waals surface area contributed by atoms with E-state index in [-0.39, 0.29) is 51.0 Å². The molecule has 1 aliphatic rings. The maximum atomic E-state index is 13.8. The molecule has 0 aliphatic carbocycles. The van der Waals surface area contributed by atoms with Crippen LogP contribution >= 0.6 is 0 Å². The summed E-state index contributed by atoms with van der Waals surface area (Å²) in [5.41, 5.74) is -3.36. The topological polar surface area (TPSA) is 228 Å². The number of hydrogen-bond acceptors (Lipinski definition) is 15. The molecular formula is C36H38N2O14. The number of benzene rings is 3. The molecule has 0 saturated heterocycles. The molecule has 4 rings (SSSR count). The fourth-order valence-corrected chi connectivity index (χ4v) is 5.48. The van der Waals surface area contributed by atoms with Gasteiger partial charge in [-0.1, -0.05) is 51.0 Å². The van der Waals surface area contributed by atoms with Crippen molar-refractivity contribution in [3.8, 4) is 62.5 Å². The molecule has 0 spiro atoms. The number of phenolic OH excluding ortho intramolecular Hbond substituents is 2. The van der Waals surface area contributed by atoms with Crippen LogP contribution in [-0.2, 0) is 24.0 Å². The predicted molar refractivity (Wildman–Crippen MR) is 180 cm³/mol. The number of hydroxylamine groups is 2. The van der Waals surface area contributed by atoms with E-state index in [4.69, 9.17) is 23.7 Å². The highest BCUT2D eigenvalue weighted by Crippen LogP contribution is 2.57. The van der Waals surface area contributed by atoms with Crippen LogP contribution in [0.1, 0.15) is 61.3 Å². The first-order valence-corrected chi connectivity index (χ1v) is 16.1. The van der Waals surface area contributed by atoms with Gasteiger partial charge in [-0.15, -0.1) is 0 Å². The highest BCUT2D eigenvalue weighted by Gasteiger charge is 2.58. The van der Waals surface area contributed by atoms with Crippen molar-refractivity contribution in [1.82, 2.24) is 5.06 Å². The third-order valence-electron chi connectivity index (χ3n) is 8.44. The Hall–Kier alpha value is -6.16. The van der Waals surface area contributed by atoms with Gasteiger partial charge in [0, 0.05) is 32.6 Å². The Morgan fingerprint density at radius 2 is 1.33 bits per heavy atom. The van der Waals surface area contributed by atoms with Crippen LogP contribution in [0.3, 0.4) is 0 Å². The molecule has 3 atom stereocenters. The van der Waals surface area contributed by atoms with E-state index in [2.05, 4.69) is 5.16 Å². The summed E-state index contributed by atoms with van der Waals surface area (Å²) in [7, 11) is 0. The first-order chi connectivity index (χ1) is 24.5. The maximum Gasteiger partial charge on any atom is 0.380 e. The first kappa shape index (κ1) is 38.6. The molecule has 0 fully saturated rings. The van der Waals surface area contributed by atoms with Crippen molar-refractivity contribution in [2.75, 3.05) is 0 Å². The van der Waals surface area contributed by atoms with Crippen molar-refractivity contribution in [1.29, 1.82) is 0 Å². The number of aromatic hydroxyl groups is 2. The zero-order chi connectivity index (χ0) is 38.7. The second-order valence-corrected chi connectivity index (χ2v) is 12.0. The minimum absolute atomic E-state index is 0.0381. The van der Waals surface area contributed by atoms with Gasteiger partial charge in [-0.2, -0.15) is 5.06 Å². The number of carbonyl (C=O) groups excluding carboxylic acids is 5. The zero-order valence-electron chi connectivity index (χ0n) is 29.4. The van der Waals surface area contributed by atoms with Crippen molar-refractivity contribution < 1.29 is 68.3 Å². The molecule has 0 saturated carbocycles. The summed E-state index contributed by atoms with van der Waals surface area (Å²) in [6, 6.07) is 9.31. The Labute approximate surface area is 297 Å². The number of ether oxygens (including phenoxy) is 5. The number of nitrogens with zero attached hydrogens (tertiary/aromatic N) is 2. The van der Waals surface area contributed by atoms with E-state index >= 15 is 0 Å². The van der Waals surface area contributed by atoms with Gasteiger partial charge in [-0.05, 0) is 48.2 Å². The zero-order valence-corrected chi connectivity index (χ0v) is 29.4. The highest BCUT2D eigenvalue weighted by atomic mass is 16.7. The SMILES string of the molecule is CC[C@H](C)/C(=N\O)C(=O)N(O)C1([C@@H](C)CC)Oc2ccc(-c3c(O)c(O)c(-c4ccc(OC(C)=O)cc4)c(OC(C)=O)c3OC(C)=O)cc2OC1=O. The van der Waals surface area contributed by atoms with Crippen LogP contribution in [0.15, 0.2) is 47.6 Å². The van der Waals surface area contributed by atoms with Crippen LogP contribution in [0.25, 0.3) is 22.3 Å². The molecule has 0 aromatic heterocycles. The fraction of sp³-hybridized carbons (Fsp3) is 0.333. The van der Waals surface area contributed by atoms with Gasteiger partial charge in [0.05, 0.1) is 11.1 Å². The first-order valence-electron chi connectivity index (χ1n) is 16.1. The van der Waals surface area contributed by atoms with Crippen LogP contribution in [-0.4, -0.2) is 66.9 Å². The van der Waals surface area contributed by atoms with Crippen LogP contribution in [0.2, 0.25) is 0 Å². The van der Waals surface area contributed by atoms with E-state index in [0.717, 1.165) is 13.8 Å². The molecule has 1 unspecified atom stereocenters. The predicted octanol–water partition coefficient (Wildman–Crippen LogP) is 5.34. The van der Waals surface area contributed by atoms with Gasteiger partial charge in [-0.25, -0.2) is 4.79 Å². The van der Waals surface area contributed by atoms with Gasteiger partial charge in [-0.3, -0.25) is 24.4 Å². The van der Waals surface area contributed by atoms with Crippen LogP contribution in [0.4, 0.5) is 0 Å². The largest absolute Gasteiger partial charge is 0.504 e. The third kappa shape index (κ3) is 7.18. The van der Waals surface area contributed by atoms with Crippen molar-refractivity contribution in [2.45, 2.75) is 67.0 Å². The van der Waals surface area contributed by atoms with Gasteiger partial charge in [0.15, 0.2) is 34.5 Å². The lowest BCUT2D eigenvalue weighted by Gasteiger charge is -2.43. The molecule has 3 aromatic carbocycles. The Morgan fingerprint density at radius 1 is 0.808 bits per heavy atom. The second kappa shape index (κ2) is 15.4. The lowest BCUT2D eigenvalue weighted by Crippen LogP contribution is -2.67. The summed E-state index contributed by atoms with van der Waals surface area (Å²) >= 11 is 0. The summed E-state index contributed by atoms with van der Waals surface area (Å²) < 4.78 is 27.6. The lowest BCUT2D eigenvalue weighted by atomic mass is 9.91. The third-order valence-corrected chi connectivity index (χ3v) is 8.44. The van der Waals surface area contributed by atoms with Gasteiger partial charge in [0.25, 0.3) is 5.91 Å². The molecule has 1 amide bonds. The number of carbonyl (C=O) groups is 5. The molecule has 3 aromatic rings. The normalized spacial score (nSPS) is 16.4. The number of esters is 4. The Balaban J connectivity index is 1.91. The minimum atomic E-state index is -2.43. The van der Waals surface area contributed by atoms with Crippen molar-refractivity contribution >= 4 is 35.5 Å². The van der Waals surface area contributed by atoms with Crippen molar-refractivity contribution in [2.24, 2.45) is 17.0 Å². The Kier molecular flexibility index (Phi) is 11.4. The van der Waals surface area contributed by atoms with E-state index in [1.54, 1.807) is 20.8 Å². The molecule has 52 heavy (non-hydrogen) atoms. The number of oxime groups is 1. The molecule has 1 aliphatic heterocycles. The average Bonchev–Trinajstić information content (AvgIpc) is 3.09. The standard InChI is InChI=1S/C36H38N2O14/c1-8-17(3)29(37-46)34(44)38(47)36(18(4)9-2)35(45)51-26-16-23(12-15-25(26)52-36)28-31(43)30(42)27(22-10-13-24(14-11-22)48-19(5)39)32(49-20(6)40)33(28)50-21(7)41/h10-18,42-43,46-47H,8-9H2,1-7H3/b37-29+/t17-,18-,36?/m0/s1. The van der Waals surface area contributed by atoms with Gasteiger partial charge >= 0.3 is 29.6 Å². The number of amides is 1. The molecule has 16 heteroatoms. The smallest absolute Gasteiger partial charge is 0.380 e. The van der Waals surface area contributed by atoms with E-state index < -0.39 is 76.1 Å². The number of rotatable bonds is 11. The Bertz CT molecular complexity index is 1960. The molecule has 1 heterocycles. The maximum absolute atomic E-state index is 13.8. The van der Waals surface area contributed by atoms with Crippen molar-refractivity contribution in [3.05, 3.63) is 42.5 Å². The van der Waals surface area contributed by atoms with Crippen LogP contribution in [0, 0.1) is 11.8 Å². The molecule has 4 N–H and O–H groups in total. The minimum Gasteiger partial charge on any atom is -0.504 e. The van der Waals surface area contributed by atoms with E-state index in [0.29, 0.717) is 6.42 Å². The van der Waals surface area contributed by atoms with Crippen molar-refractivity contribution in [3.63, 3.8) is 0 Å².